The molecule has 1 heterocycles. The molecule has 2 aromatic carbocycles. The number of hydrogen-bond acceptors (Lipinski definition) is 4. The maximum absolute atomic E-state index is 12.6. The summed E-state index contributed by atoms with van der Waals surface area (Å²) in [5.74, 6) is -0.707. The number of fused-ring (bicyclic) bond motifs is 3. The number of benzene rings is 2. The second-order valence-corrected chi connectivity index (χ2v) is 8.91. The number of carbonyl (C=O) groups excluding carboxylic acids is 1. The van der Waals surface area contributed by atoms with Crippen molar-refractivity contribution in [3.05, 3.63) is 77.6 Å². The van der Waals surface area contributed by atoms with Crippen molar-refractivity contribution in [1.82, 2.24) is 15.1 Å². The quantitative estimate of drug-likeness (QED) is 0.550. The van der Waals surface area contributed by atoms with E-state index in [1.165, 1.54) is 6.42 Å². The van der Waals surface area contributed by atoms with Crippen LogP contribution >= 0.6 is 0 Å². The minimum absolute atomic E-state index is 0.0833. The predicted octanol–water partition coefficient (Wildman–Crippen LogP) is 4.70. The molecular formula is C26H27N3O4. The van der Waals surface area contributed by atoms with Gasteiger partial charge in [-0.25, -0.2) is 9.59 Å². The zero-order valence-corrected chi connectivity index (χ0v) is 18.5. The van der Waals surface area contributed by atoms with E-state index in [4.69, 9.17) is 4.74 Å². The summed E-state index contributed by atoms with van der Waals surface area (Å²) in [5.41, 5.74) is 5.61. The second-order valence-electron chi connectivity index (χ2n) is 8.91. The summed E-state index contributed by atoms with van der Waals surface area (Å²) in [5, 5.41) is 16.6. The average molecular weight is 446 g/mol. The minimum atomic E-state index is -1.16. The molecular weight excluding hydrogens is 418 g/mol. The number of nitrogens with zero attached hydrogens (tertiary/aromatic N) is 2. The van der Waals surface area contributed by atoms with E-state index in [1.54, 1.807) is 17.8 Å². The van der Waals surface area contributed by atoms with E-state index >= 15 is 0 Å². The number of amides is 1. The summed E-state index contributed by atoms with van der Waals surface area (Å²) in [7, 11) is 0. The normalized spacial score (nSPS) is 16.9. The molecule has 170 valence electrons. The average Bonchev–Trinajstić information content (AvgIpc) is 3.37. The van der Waals surface area contributed by atoms with Crippen LogP contribution in [0.15, 0.2) is 60.9 Å². The fourth-order valence-corrected chi connectivity index (χ4v) is 4.84. The van der Waals surface area contributed by atoms with E-state index < -0.39 is 24.1 Å². The van der Waals surface area contributed by atoms with Gasteiger partial charge in [0.2, 0.25) is 0 Å². The summed E-state index contributed by atoms with van der Waals surface area (Å²) >= 11 is 0. The first-order valence-electron chi connectivity index (χ1n) is 11.4. The van der Waals surface area contributed by atoms with Gasteiger partial charge >= 0.3 is 12.1 Å². The largest absolute Gasteiger partial charge is 0.480 e. The minimum Gasteiger partial charge on any atom is -0.480 e. The van der Waals surface area contributed by atoms with E-state index in [-0.39, 0.29) is 12.5 Å². The van der Waals surface area contributed by atoms with Crippen LogP contribution in [0, 0.1) is 0 Å². The SMILES string of the molecule is CC(C(NC(=O)OCC1c2ccccc2-c2ccccc21)C(=O)O)n1cc(C2CCC2)cn1. The topological polar surface area (TPSA) is 93.5 Å². The molecule has 5 rings (SSSR count). The van der Waals surface area contributed by atoms with E-state index in [1.807, 2.05) is 42.6 Å². The smallest absolute Gasteiger partial charge is 0.407 e. The van der Waals surface area contributed by atoms with Crippen LogP contribution in [0.4, 0.5) is 4.79 Å². The van der Waals surface area contributed by atoms with Crippen LogP contribution in [0.3, 0.4) is 0 Å². The Balaban J connectivity index is 1.26. The molecule has 33 heavy (non-hydrogen) atoms. The number of aromatic nitrogens is 2. The first-order valence-corrected chi connectivity index (χ1v) is 11.4. The summed E-state index contributed by atoms with van der Waals surface area (Å²) < 4.78 is 7.15. The number of aliphatic carboxylic acids is 1. The van der Waals surface area contributed by atoms with E-state index in [2.05, 4.69) is 22.5 Å². The summed E-state index contributed by atoms with van der Waals surface area (Å²) in [6, 6.07) is 14.4. The standard InChI is InChI=1S/C26H27N3O4/c1-16(29-14-18(13-27-29)17-7-6-8-17)24(25(30)31)28-26(32)33-15-23-21-11-4-2-9-19(21)20-10-3-5-12-22(20)23/h2-5,9-14,16-17,23-24H,6-8,15H2,1H3,(H,28,32)(H,30,31). The maximum atomic E-state index is 12.6. The van der Waals surface area contributed by atoms with Crippen molar-refractivity contribution in [1.29, 1.82) is 0 Å². The van der Waals surface area contributed by atoms with E-state index in [0.717, 1.165) is 40.7 Å². The zero-order chi connectivity index (χ0) is 22.9. The highest BCUT2D eigenvalue weighted by atomic mass is 16.5. The predicted molar refractivity (Wildman–Crippen MR) is 123 cm³/mol. The Labute approximate surface area is 192 Å². The van der Waals surface area contributed by atoms with Crippen LogP contribution in [0.1, 0.15) is 60.8 Å². The Morgan fingerprint density at radius 3 is 2.33 bits per heavy atom. The highest BCUT2D eigenvalue weighted by molar-refractivity contribution is 5.81. The van der Waals surface area contributed by atoms with Gasteiger partial charge in [0.1, 0.15) is 6.61 Å². The van der Waals surface area contributed by atoms with Gasteiger partial charge < -0.3 is 15.2 Å². The molecule has 7 nitrogen and oxygen atoms in total. The lowest BCUT2D eigenvalue weighted by Gasteiger charge is -2.24. The van der Waals surface area contributed by atoms with Gasteiger partial charge in [-0.3, -0.25) is 4.68 Å². The van der Waals surface area contributed by atoms with Crippen LogP contribution in [-0.4, -0.2) is 39.6 Å². The Hall–Kier alpha value is -3.61. The number of rotatable bonds is 7. The first kappa shape index (κ1) is 21.2. The van der Waals surface area contributed by atoms with Gasteiger partial charge in [0.25, 0.3) is 0 Å². The molecule has 0 bridgehead atoms. The Kier molecular flexibility index (Phi) is 5.62. The number of nitrogens with one attached hydrogen (secondary N) is 1. The molecule has 1 amide bonds. The third kappa shape index (κ3) is 3.99. The Morgan fingerprint density at radius 1 is 1.12 bits per heavy atom. The number of hydrogen-bond donors (Lipinski definition) is 2. The number of alkyl carbamates (subject to hydrolysis) is 1. The van der Waals surface area contributed by atoms with Crippen molar-refractivity contribution >= 4 is 12.1 Å². The van der Waals surface area contributed by atoms with Gasteiger partial charge in [0, 0.05) is 12.1 Å². The third-order valence-electron chi connectivity index (χ3n) is 6.98. The number of ether oxygens (including phenoxy) is 1. The van der Waals surface area contributed by atoms with Gasteiger partial charge in [-0.1, -0.05) is 55.0 Å². The highest BCUT2D eigenvalue weighted by Crippen LogP contribution is 2.44. The molecule has 0 aliphatic heterocycles. The van der Waals surface area contributed by atoms with Crippen molar-refractivity contribution in [3.8, 4) is 11.1 Å². The summed E-state index contributed by atoms with van der Waals surface area (Å²) in [4.78, 5) is 24.6. The van der Waals surface area contributed by atoms with Gasteiger partial charge in [-0.15, -0.1) is 0 Å². The van der Waals surface area contributed by atoms with Gasteiger partial charge in [0.05, 0.1) is 12.2 Å². The molecule has 2 aliphatic rings. The molecule has 1 saturated carbocycles. The van der Waals surface area contributed by atoms with Crippen LogP contribution in [0.5, 0.6) is 0 Å². The van der Waals surface area contributed by atoms with Crippen LogP contribution < -0.4 is 5.32 Å². The molecule has 0 spiro atoms. The molecule has 0 saturated heterocycles. The molecule has 2 N–H and O–H groups in total. The van der Waals surface area contributed by atoms with Crippen molar-refractivity contribution in [2.45, 2.75) is 50.1 Å². The van der Waals surface area contributed by atoms with Crippen molar-refractivity contribution < 1.29 is 19.4 Å². The molecule has 1 fully saturated rings. The molecule has 2 atom stereocenters. The Bertz CT molecular complexity index is 1140. The fraction of sp³-hybridized carbons (Fsp3) is 0.346. The van der Waals surface area contributed by atoms with Gasteiger partial charge in [-0.05, 0) is 53.5 Å². The molecule has 7 heteroatoms. The maximum Gasteiger partial charge on any atom is 0.407 e. The summed E-state index contributed by atoms with van der Waals surface area (Å²) in [6.45, 7) is 1.87. The summed E-state index contributed by atoms with van der Waals surface area (Å²) in [6.07, 6.45) is 6.44. The molecule has 3 aromatic rings. The number of carbonyl (C=O) groups is 2. The highest BCUT2D eigenvalue weighted by Gasteiger charge is 2.32. The lowest BCUT2D eigenvalue weighted by molar-refractivity contribution is -0.140. The van der Waals surface area contributed by atoms with Gasteiger partial charge in [0.15, 0.2) is 6.04 Å². The monoisotopic (exact) mass is 445 g/mol. The van der Waals surface area contributed by atoms with Crippen molar-refractivity contribution in [2.75, 3.05) is 6.61 Å². The first-order chi connectivity index (χ1) is 16.0. The molecule has 1 aromatic heterocycles. The Morgan fingerprint density at radius 2 is 1.76 bits per heavy atom. The molecule has 2 unspecified atom stereocenters. The lowest BCUT2D eigenvalue weighted by Crippen LogP contribution is -2.46. The third-order valence-corrected chi connectivity index (χ3v) is 6.98. The van der Waals surface area contributed by atoms with E-state index in [0.29, 0.717) is 5.92 Å². The second kappa shape index (κ2) is 8.73. The lowest BCUT2D eigenvalue weighted by atomic mass is 9.81. The van der Waals surface area contributed by atoms with Gasteiger partial charge in [-0.2, -0.15) is 5.10 Å². The van der Waals surface area contributed by atoms with Crippen LogP contribution in [0.25, 0.3) is 11.1 Å². The molecule has 0 radical (unpaired) electrons. The van der Waals surface area contributed by atoms with Crippen LogP contribution in [0.2, 0.25) is 0 Å². The van der Waals surface area contributed by atoms with Crippen molar-refractivity contribution in [3.63, 3.8) is 0 Å². The zero-order valence-electron chi connectivity index (χ0n) is 18.5. The van der Waals surface area contributed by atoms with E-state index in [9.17, 15) is 14.7 Å². The van der Waals surface area contributed by atoms with Crippen molar-refractivity contribution in [2.24, 2.45) is 0 Å². The molecule has 2 aliphatic carbocycles. The number of carboxylic acid groups (broad SMARTS) is 1. The number of carboxylic acids is 1. The fourth-order valence-electron chi connectivity index (χ4n) is 4.84. The van der Waals surface area contributed by atoms with Crippen LogP contribution in [-0.2, 0) is 9.53 Å².